The monoisotopic (exact) mass is 441 g/mol. The van der Waals surface area contributed by atoms with E-state index in [-0.39, 0.29) is 17.1 Å². The van der Waals surface area contributed by atoms with Crippen LogP contribution in [-0.4, -0.2) is 35.4 Å². The van der Waals surface area contributed by atoms with Gasteiger partial charge in [-0.05, 0) is 49.1 Å². The van der Waals surface area contributed by atoms with Gasteiger partial charge in [0.25, 0.3) is 11.7 Å². The number of aryl methyl sites for hydroxylation is 2. The summed E-state index contributed by atoms with van der Waals surface area (Å²) in [5.41, 5.74) is 2.93. The molecule has 0 radical (unpaired) electrons. The fourth-order valence-electron chi connectivity index (χ4n) is 4.12. The van der Waals surface area contributed by atoms with E-state index < -0.39 is 17.7 Å². The third-order valence-electron chi connectivity index (χ3n) is 5.67. The highest BCUT2D eigenvalue weighted by Gasteiger charge is 2.46. The first-order valence-corrected chi connectivity index (χ1v) is 10.9. The molecular formula is C25H28ClNO4. The van der Waals surface area contributed by atoms with E-state index >= 15 is 0 Å². The van der Waals surface area contributed by atoms with E-state index in [0.717, 1.165) is 36.0 Å². The van der Waals surface area contributed by atoms with Crippen LogP contribution in [0.5, 0.6) is 5.75 Å². The lowest BCUT2D eigenvalue weighted by Gasteiger charge is -2.26. The van der Waals surface area contributed by atoms with Crippen LogP contribution in [0.15, 0.2) is 42.0 Å². The smallest absolute Gasteiger partial charge is 0.295 e. The molecule has 0 aliphatic carbocycles. The van der Waals surface area contributed by atoms with Crippen molar-refractivity contribution in [1.29, 1.82) is 0 Å². The van der Waals surface area contributed by atoms with Gasteiger partial charge in [0.15, 0.2) is 0 Å². The van der Waals surface area contributed by atoms with Gasteiger partial charge in [0.1, 0.15) is 11.5 Å². The Morgan fingerprint density at radius 1 is 1.16 bits per heavy atom. The number of unbranched alkanes of at least 4 members (excludes halogenated alkanes) is 2. The van der Waals surface area contributed by atoms with Crippen LogP contribution >= 0.6 is 11.6 Å². The first kappa shape index (κ1) is 22.9. The fraction of sp³-hybridized carbons (Fsp3) is 0.360. The molecule has 0 bridgehead atoms. The summed E-state index contributed by atoms with van der Waals surface area (Å²) in [5.74, 6) is -1.29. The summed E-state index contributed by atoms with van der Waals surface area (Å²) in [4.78, 5) is 27.7. The Kier molecular flexibility index (Phi) is 7.06. The summed E-state index contributed by atoms with van der Waals surface area (Å²) < 4.78 is 5.41. The first-order chi connectivity index (χ1) is 14.8. The topological polar surface area (TPSA) is 66.8 Å². The molecule has 31 heavy (non-hydrogen) atoms. The molecule has 1 N–H and O–H groups in total. The number of ketones is 1. The molecule has 1 aliphatic heterocycles. The Balaban J connectivity index is 2.24. The number of hydrogen-bond donors (Lipinski definition) is 1. The van der Waals surface area contributed by atoms with Crippen molar-refractivity contribution < 1.29 is 19.4 Å². The minimum atomic E-state index is -0.693. The van der Waals surface area contributed by atoms with Crippen LogP contribution in [0, 0.1) is 13.8 Å². The van der Waals surface area contributed by atoms with Crippen molar-refractivity contribution in [1.82, 2.24) is 4.90 Å². The SMILES string of the molecule is CCCCCN1C(=O)C(=O)/C(=C(/O)c2cc(C)cc(Cl)c2OC)C1c1ccccc1C. The molecule has 1 unspecified atom stereocenters. The van der Waals surface area contributed by atoms with Crippen LogP contribution in [-0.2, 0) is 9.59 Å². The van der Waals surface area contributed by atoms with Crippen molar-refractivity contribution in [2.24, 2.45) is 0 Å². The van der Waals surface area contributed by atoms with E-state index in [2.05, 4.69) is 6.92 Å². The van der Waals surface area contributed by atoms with Gasteiger partial charge >= 0.3 is 0 Å². The van der Waals surface area contributed by atoms with Gasteiger partial charge in [-0.25, -0.2) is 0 Å². The first-order valence-electron chi connectivity index (χ1n) is 10.5. The van der Waals surface area contributed by atoms with Gasteiger partial charge in [0.05, 0.1) is 29.3 Å². The number of Topliss-reactive ketones (excluding diaryl/α,β-unsaturated/α-hetero) is 1. The molecule has 5 nitrogen and oxygen atoms in total. The number of halogens is 1. The molecule has 1 aliphatic rings. The average molecular weight is 442 g/mol. The van der Waals surface area contributed by atoms with Gasteiger partial charge in [-0.3, -0.25) is 9.59 Å². The number of nitrogens with zero attached hydrogens (tertiary/aromatic N) is 1. The van der Waals surface area contributed by atoms with Gasteiger partial charge in [0.2, 0.25) is 0 Å². The largest absolute Gasteiger partial charge is 0.507 e. The lowest BCUT2D eigenvalue weighted by atomic mass is 9.92. The van der Waals surface area contributed by atoms with E-state index in [0.29, 0.717) is 17.1 Å². The zero-order valence-corrected chi connectivity index (χ0v) is 19.1. The summed E-state index contributed by atoms with van der Waals surface area (Å²) in [5, 5.41) is 11.7. The van der Waals surface area contributed by atoms with Gasteiger partial charge < -0.3 is 14.7 Å². The Hall–Kier alpha value is -2.79. The number of amides is 1. The predicted octanol–water partition coefficient (Wildman–Crippen LogP) is 5.58. The molecule has 3 rings (SSSR count). The Morgan fingerprint density at radius 2 is 1.87 bits per heavy atom. The van der Waals surface area contributed by atoms with E-state index in [1.165, 1.54) is 7.11 Å². The predicted molar refractivity (Wildman–Crippen MR) is 122 cm³/mol. The maximum absolute atomic E-state index is 13.1. The van der Waals surface area contributed by atoms with Gasteiger partial charge in [-0.2, -0.15) is 0 Å². The molecule has 1 atom stereocenters. The molecule has 1 heterocycles. The molecule has 1 saturated heterocycles. The summed E-state index contributed by atoms with van der Waals surface area (Å²) in [6.45, 7) is 6.30. The van der Waals surface area contributed by atoms with Crippen LogP contribution in [0.3, 0.4) is 0 Å². The Morgan fingerprint density at radius 3 is 2.52 bits per heavy atom. The number of benzene rings is 2. The van der Waals surface area contributed by atoms with Crippen molar-refractivity contribution >= 4 is 29.1 Å². The number of likely N-dealkylation sites (tertiary alicyclic amines) is 1. The maximum atomic E-state index is 13.1. The third-order valence-corrected chi connectivity index (χ3v) is 5.95. The number of methoxy groups -OCH3 is 1. The van der Waals surface area contributed by atoms with E-state index in [1.54, 1.807) is 17.0 Å². The maximum Gasteiger partial charge on any atom is 0.295 e. The average Bonchev–Trinajstić information content (AvgIpc) is 2.98. The van der Waals surface area contributed by atoms with E-state index in [1.807, 2.05) is 38.1 Å². The van der Waals surface area contributed by atoms with Crippen molar-refractivity contribution in [3.8, 4) is 5.75 Å². The van der Waals surface area contributed by atoms with Crippen LogP contribution in [0.25, 0.3) is 5.76 Å². The van der Waals surface area contributed by atoms with Crippen molar-refractivity contribution in [2.75, 3.05) is 13.7 Å². The number of hydrogen-bond acceptors (Lipinski definition) is 4. The minimum Gasteiger partial charge on any atom is -0.507 e. The van der Waals surface area contributed by atoms with Crippen LogP contribution in [0.2, 0.25) is 5.02 Å². The fourth-order valence-corrected chi connectivity index (χ4v) is 4.47. The second-order valence-electron chi connectivity index (χ2n) is 7.88. The number of carbonyl (C=O) groups is 2. The van der Waals surface area contributed by atoms with Crippen molar-refractivity contribution in [3.05, 3.63) is 69.2 Å². The van der Waals surface area contributed by atoms with E-state index in [4.69, 9.17) is 16.3 Å². The molecule has 2 aromatic carbocycles. The number of ether oxygens (including phenoxy) is 1. The summed E-state index contributed by atoms with van der Waals surface area (Å²) in [6.07, 6.45) is 2.73. The standard InChI is InChI=1S/C25H28ClNO4/c1-5-6-9-12-27-21(17-11-8-7-10-16(17)3)20(23(29)25(27)30)22(28)18-13-15(2)14-19(26)24(18)31-4/h7-8,10-11,13-14,21,28H,5-6,9,12H2,1-4H3/b22-20+. The summed E-state index contributed by atoms with van der Waals surface area (Å²) in [6, 6.07) is 10.4. The van der Waals surface area contributed by atoms with Crippen molar-refractivity contribution in [2.45, 2.75) is 46.1 Å². The molecule has 0 spiro atoms. The van der Waals surface area contributed by atoms with Gasteiger partial charge in [-0.1, -0.05) is 55.6 Å². The zero-order valence-electron chi connectivity index (χ0n) is 18.4. The highest BCUT2D eigenvalue weighted by molar-refractivity contribution is 6.46. The molecule has 0 aromatic heterocycles. The Bertz CT molecular complexity index is 1040. The minimum absolute atomic E-state index is 0.0655. The summed E-state index contributed by atoms with van der Waals surface area (Å²) >= 11 is 6.32. The molecule has 1 amide bonds. The van der Waals surface area contributed by atoms with Gasteiger partial charge in [-0.15, -0.1) is 0 Å². The highest BCUT2D eigenvalue weighted by atomic mass is 35.5. The lowest BCUT2D eigenvalue weighted by molar-refractivity contribution is -0.139. The lowest BCUT2D eigenvalue weighted by Crippen LogP contribution is -2.31. The highest BCUT2D eigenvalue weighted by Crippen LogP contribution is 2.43. The third kappa shape index (κ3) is 4.33. The van der Waals surface area contributed by atoms with Gasteiger partial charge in [0, 0.05) is 6.54 Å². The second-order valence-corrected chi connectivity index (χ2v) is 8.29. The quantitative estimate of drug-likeness (QED) is 0.263. The molecule has 164 valence electrons. The number of aliphatic hydroxyl groups is 1. The molecule has 0 saturated carbocycles. The number of rotatable bonds is 7. The molecule has 1 fully saturated rings. The number of carbonyl (C=O) groups excluding carboxylic acids is 2. The molecule has 6 heteroatoms. The number of aliphatic hydroxyl groups excluding tert-OH is 1. The van der Waals surface area contributed by atoms with Crippen molar-refractivity contribution in [3.63, 3.8) is 0 Å². The van der Waals surface area contributed by atoms with E-state index in [9.17, 15) is 14.7 Å². The van der Waals surface area contributed by atoms with Crippen LogP contribution in [0.1, 0.15) is 54.5 Å². The van der Waals surface area contributed by atoms with Crippen LogP contribution < -0.4 is 4.74 Å². The summed E-state index contributed by atoms with van der Waals surface area (Å²) in [7, 11) is 1.45. The van der Waals surface area contributed by atoms with Crippen LogP contribution in [0.4, 0.5) is 0 Å². The molecule has 2 aromatic rings. The second kappa shape index (κ2) is 9.56. The Labute approximate surface area is 188 Å². The zero-order chi connectivity index (χ0) is 22.7. The normalized spacial score (nSPS) is 18.0. The molecular weight excluding hydrogens is 414 g/mol.